The number of nitro groups is 1. The summed E-state index contributed by atoms with van der Waals surface area (Å²) in [6, 6.07) is 3.77. The first-order chi connectivity index (χ1) is 9.85. The van der Waals surface area contributed by atoms with E-state index in [2.05, 4.69) is 10.1 Å². The van der Waals surface area contributed by atoms with E-state index in [1.807, 2.05) is 0 Å². The van der Waals surface area contributed by atoms with E-state index in [9.17, 15) is 19.7 Å². The number of nitrogens with one attached hydrogen (secondary N) is 1. The van der Waals surface area contributed by atoms with E-state index < -0.39 is 22.9 Å². The van der Waals surface area contributed by atoms with Gasteiger partial charge in [-0.25, -0.2) is 4.79 Å². The van der Waals surface area contributed by atoms with Crippen LogP contribution in [0.2, 0.25) is 5.02 Å². The van der Waals surface area contributed by atoms with Gasteiger partial charge < -0.3 is 15.2 Å². The van der Waals surface area contributed by atoms with Crippen LogP contribution in [0, 0.1) is 10.1 Å². The number of ether oxygens (including phenoxy) is 1. The van der Waals surface area contributed by atoms with Crippen molar-refractivity contribution in [1.82, 2.24) is 5.32 Å². The van der Waals surface area contributed by atoms with Crippen LogP contribution < -0.4 is 5.32 Å². The molecule has 0 aliphatic heterocycles. The van der Waals surface area contributed by atoms with Gasteiger partial charge in [-0.3, -0.25) is 14.9 Å². The van der Waals surface area contributed by atoms with Gasteiger partial charge in [-0.05, 0) is 5.56 Å². The van der Waals surface area contributed by atoms with E-state index in [4.69, 9.17) is 16.7 Å². The van der Waals surface area contributed by atoms with Crippen LogP contribution in [-0.2, 0) is 20.7 Å². The minimum absolute atomic E-state index is 0.0980. The molecule has 0 aliphatic rings. The summed E-state index contributed by atoms with van der Waals surface area (Å²) in [6.45, 7) is -0.185. The van der Waals surface area contributed by atoms with Crippen LogP contribution in [0.3, 0.4) is 0 Å². The minimum atomic E-state index is -1.19. The topological polar surface area (TPSA) is 119 Å². The van der Waals surface area contributed by atoms with Crippen LogP contribution in [0.15, 0.2) is 18.2 Å². The predicted octanol–water partition coefficient (Wildman–Crippen LogP) is 1.01. The van der Waals surface area contributed by atoms with Crippen molar-refractivity contribution >= 4 is 29.2 Å². The van der Waals surface area contributed by atoms with Crippen LogP contribution in [0.5, 0.6) is 0 Å². The first-order valence-electron chi connectivity index (χ1n) is 5.80. The smallest absolute Gasteiger partial charge is 0.334 e. The molecule has 0 fully saturated rings. The molecule has 0 bridgehead atoms. The molecule has 0 radical (unpaired) electrons. The molecular weight excluding hydrogens is 304 g/mol. The summed E-state index contributed by atoms with van der Waals surface area (Å²) in [4.78, 5) is 32.3. The molecule has 21 heavy (non-hydrogen) atoms. The predicted molar refractivity (Wildman–Crippen MR) is 73.3 cm³/mol. The fourth-order valence-electron chi connectivity index (χ4n) is 1.51. The molecule has 9 heteroatoms. The fraction of sp³-hybridized carbons (Fsp3) is 0.333. The maximum absolute atomic E-state index is 11.7. The van der Waals surface area contributed by atoms with Crippen LogP contribution >= 0.6 is 11.6 Å². The molecule has 1 aromatic rings. The fourth-order valence-corrected chi connectivity index (χ4v) is 1.75. The molecule has 1 amide bonds. The Hall–Kier alpha value is -2.19. The Morgan fingerprint density at radius 2 is 2.19 bits per heavy atom. The number of hydrogen-bond acceptors (Lipinski definition) is 5. The maximum Gasteiger partial charge on any atom is 0.334 e. The molecule has 1 atom stereocenters. The Balaban J connectivity index is 2.63. The minimum Gasteiger partial charge on any atom is -0.479 e. The molecule has 8 nitrogen and oxygen atoms in total. The SMILES string of the molecule is COC(CNC(=O)Cc1ccc([N+](=O)[O-])cc1Cl)C(=O)O. The summed E-state index contributed by atoms with van der Waals surface area (Å²) in [5.74, 6) is -1.65. The van der Waals surface area contributed by atoms with E-state index in [0.717, 1.165) is 6.07 Å². The van der Waals surface area contributed by atoms with Crippen molar-refractivity contribution in [2.75, 3.05) is 13.7 Å². The van der Waals surface area contributed by atoms with Crippen LogP contribution in [-0.4, -0.2) is 41.7 Å². The molecule has 2 N–H and O–H groups in total. The van der Waals surface area contributed by atoms with Crippen LogP contribution in [0.1, 0.15) is 5.56 Å². The lowest BCUT2D eigenvalue weighted by molar-refractivity contribution is -0.384. The lowest BCUT2D eigenvalue weighted by atomic mass is 10.1. The highest BCUT2D eigenvalue weighted by atomic mass is 35.5. The highest BCUT2D eigenvalue weighted by molar-refractivity contribution is 6.31. The summed E-state index contributed by atoms with van der Waals surface area (Å²) in [5.41, 5.74) is 0.235. The zero-order valence-corrected chi connectivity index (χ0v) is 11.8. The van der Waals surface area contributed by atoms with Gasteiger partial charge in [0.05, 0.1) is 22.9 Å². The number of amides is 1. The van der Waals surface area contributed by atoms with E-state index in [1.54, 1.807) is 0 Å². The highest BCUT2D eigenvalue weighted by Crippen LogP contribution is 2.22. The number of nitro benzene ring substituents is 1. The third-order valence-electron chi connectivity index (χ3n) is 2.64. The number of carbonyl (C=O) groups excluding carboxylic acids is 1. The summed E-state index contributed by atoms with van der Waals surface area (Å²) in [6.07, 6.45) is -1.26. The standard InChI is InChI=1S/C12H13ClN2O6/c1-21-10(12(17)18)6-14-11(16)4-7-2-3-8(15(19)20)5-9(7)13/h2-3,5,10H,4,6H2,1H3,(H,14,16)(H,17,18). The Morgan fingerprint density at radius 3 is 2.67 bits per heavy atom. The first-order valence-corrected chi connectivity index (χ1v) is 6.18. The van der Waals surface area contributed by atoms with Gasteiger partial charge in [0.1, 0.15) is 0 Å². The molecule has 0 spiro atoms. The quantitative estimate of drug-likeness (QED) is 0.572. The number of nitrogens with zero attached hydrogens (tertiary/aromatic N) is 1. The van der Waals surface area contributed by atoms with Gasteiger partial charge in [0, 0.05) is 19.2 Å². The number of benzene rings is 1. The van der Waals surface area contributed by atoms with E-state index >= 15 is 0 Å². The number of hydrogen-bond donors (Lipinski definition) is 2. The Bertz CT molecular complexity index is 563. The van der Waals surface area contributed by atoms with E-state index in [1.165, 1.54) is 19.2 Å². The van der Waals surface area contributed by atoms with Crippen molar-refractivity contribution in [3.63, 3.8) is 0 Å². The molecule has 0 heterocycles. The zero-order valence-electron chi connectivity index (χ0n) is 11.0. The third kappa shape index (κ3) is 5.01. The number of rotatable bonds is 7. The molecule has 0 aliphatic carbocycles. The molecule has 0 aromatic heterocycles. The number of non-ortho nitro benzene ring substituents is 1. The second-order valence-corrected chi connectivity index (χ2v) is 4.48. The Kier molecular flexibility index (Phi) is 6.07. The largest absolute Gasteiger partial charge is 0.479 e. The molecular formula is C12H13ClN2O6. The molecule has 114 valence electrons. The third-order valence-corrected chi connectivity index (χ3v) is 2.99. The average molecular weight is 317 g/mol. The molecule has 1 aromatic carbocycles. The van der Waals surface area contributed by atoms with Gasteiger partial charge in [0.25, 0.3) is 5.69 Å². The summed E-state index contributed by atoms with van der Waals surface area (Å²) in [5, 5.41) is 21.8. The number of aliphatic carboxylic acids is 1. The van der Waals surface area contributed by atoms with Crippen molar-refractivity contribution in [3.05, 3.63) is 38.9 Å². The second-order valence-electron chi connectivity index (χ2n) is 4.08. The normalized spacial score (nSPS) is 11.7. The number of carbonyl (C=O) groups is 2. The van der Waals surface area contributed by atoms with Gasteiger partial charge >= 0.3 is 5.97 Å². The summed E-state index contributed by atoms with van der Waals surface area (Å²) >= 11 is 5.85. The number of carboxylic acid groups (broad SMARTS) is 1. The Labute approximate surface area is 124 Å². The van der Waals surface area contributed by atoms with Crippen molar-refractivity contribution < 1.29 is 24.4 Å². The maximum atomic E-state index is 11.7. The number of methoxy groups -OCH3 is 1. The highest BCUT2D eigenvalue weighted by Gasteiger charge is 2.18. The molecule has 0 saturated heterocycles. The van der Waals surface area contributed by atoms with Gasteiger partial charge in [0.15, 0.2) is 6.10 Å². The van der Waals surface area contributed by atoms with Gasteiger partial charge in [-0.1, -0.05) is 17.7 Å². The first kappa shape index (κ1) is 16.9. The molecule has 0 saturated carbocycles. The van der Waals surface area contributed by atoms with Gasteiger partial charge in [-0.15, -0.1) is 0 Å². The van der Waals surface area contributed by atoms with Crippen LogP contribution in [0.4, 0.5) is 5.69 Å². The monoisotopic (exact) mass is 316 g/mol. The van der Waals surface area contributed by atoms with Crippen LogP contribution in [0.25, 0.3) is 0 Å². The molecule has 1 unspecified atom stereocenters. The van der Waals surface area contributed by atoms with Crippen molar-refractivity contribution in [2.24, 2.45) is 0 Å². The average Bonchev–Trinajstić information content (AvgIpc) is 2.41. The lowest BCUT2D eigenvalue weighted by Gasteiger charge is -2.11. The summed E-state index contributed by atoms with van der Waals surface area (Å²) < 4.78 is 4.66. The van der Waals surface area contributed by atoms with Gasteiger partial charge in [0.2, 0.25) is 5.91 Å². The van der Waals surface area contributed by atoms with Crippen molar-refractivity contribution in [2.45, 2.75) is 12.5 Å². The Morgan fingerprint density at radius 1 is 1.52 bits per heavy atom. The van der Waals surface area contributed by atoms with Gasteiger partial charge in [-0.2, -0.15) is 0 Å². The zero-order chi connectivity index (χ0) is 16.0. The van der Waals surface area contributed by atoms with Crippen molar-refractivity contribution in [3.8, 4) is 0 Å². The van der Waals surface area contributed by atoms with E-state index in [-0.39, 0.29) is 23.7 Å². The molecule has 1 rings (SSSR count). The lowest BCUT2D eigenvalue weighted by Crippen LogP contribution is -2.38. The van der Waals surface area contributed by atoms with Crippen molar-refractivity contribution in [1.29, 1.82) is 0 Å². The second kappa shape index (κ2) is 7.55. The number of halogens is 1. The summed E-state index contributed by atoms with van der Waals surface area (Å²) in [7, 11) is 1.22. The number of carboxylic acids is 1. The van der Waals surface area contributed by atoms with E-state index in [0.29, 0.717) is 5.56 Å².